The van der Waals surface area contributed by atoms with Gasteiger partial charge in [-0.15, -0.1) is 0 Å². The molecule has 0 amide bonds. The van der Waals surface area contributed by atoms with Gasteiger partial charge in [0.2, 0.25) is 0 Å². The molecule has 0 aliphatic carbocycles. The van der Waals surface area contributed by atoms with E-state index in [0.717, 1.165) is 32.3 Å². The van der Waals surface area contributed by atoms with E-state index in [2.05, 4.69) is 29.1 Å². The summed E-state index contributed by atoms with van der Waals surface area (Å²) in [5, 5.41) is 13.3. The molecule has 1 saturated heterocycles. The van der Waals surface area contributed by atoms with Crippen molar-refractivity contribution in [3.8, 4) is 0 Å². The van der Waals surface area contributed by atoms with Gasteiger partial charge in [-0.25, -0.2) is 0 Å². The van der Waals surface area contributed by atoms with Crippen LogP contribution in [0.15, 0.2) is 0 Å². The molecule has 0 spiro atoms. The van der Waals surface area contributed by atoms with E-state index in [1.165, 1.54) is 52.0 Å². The van der Waals surface area contributed by atoms with Crippen LogP contribution < -0.4 is 5.32 Å². The number of nitrogens with zero attached hydrogens (tertiary/aromatic N) is 2. The molecule has 2 unspecified atom stereocenters. The Bertz CT molecular complexity index is 284. The number of hydrogen-bond donors (Lipinski definition) is 2. The van der Waals surface area contributed by atoms with Gasteiger partial charge in [0.05, 0.1) is 12.7 Å². The first-order chi connectivity index (χ1) is 11.7. The van der Waals surface area contributed by atoms with E-state index < -0.39 is 0 Å². The Labute approximate surface area is 149 Å². The number of likely N-dealkylation sites (N-methyl/N-ethyl adjacent to an activating group) is 2. The third kappa shape index (κ3) is 10.6. The fourth-order valence-corrected chi connectivity index (χ4v) is 3.18. The van der Waals surface area contributed by atoms with Crippen LogP contribution in [0, 0.1) is 0 Å². The zero-order chi connectivity index (χ0) is 17.6. The molecule has 2 N–H and O–H groups in total. The van der Waals surface area contributed by atoms with Crippen LogP contribution in [0.4, 0.5) is 0 Å². The maximum Gasteiger partial charge on any atom is 0.0620 e. The fourth-order valence-electron chi connectivity index (χ4n) is 3.18. The molecule has 5 nitrogen and oxygen atoms in total. The van der Waals surface area contributed by atoms with E-state index in [0.29, 0.717) is 6.61 Å². The van der Waals surface area contributed by atoms with Crippen molar-refractivity contribution in [3.05, 3.63) is 0 Å². The number of rotatable bonds is 14. The van der Waals surface area contributed by atoms with Crippen LogP contribution in [0.3, 0.4) is 0 Å². The molecule has 1 rings (SSSR count). The summed E-state index contributed by atoms with van der Waals surface area (Å²) in [6.07, 6.45) is 7.40. The number of nitrogens with one attached hydrogen (secondary N) is 1. The molecule has 1 aliphatic heterocycles. The first-order valence-corrected chi connectivity index (χ1v) is 9.99. The summed E-state index contributed by atoms with van der Waals surface area (Å²) in [4.78, 5) is 4.96. The largest absolute Gasteiger partial charge is 0.393 e. The smallest absolute Gasteiger partial charge is 0.0620 e. The topological polar surface area (TPSA) is 48.0 Å². The summed E-state index contributed by atoms with van der Waals surface area (Å²) >= 11 is 0. The van der Waals surface area contributed by atoms with Crippen LogP contribution in [-0.2, 0) is 4.74 Å². The molecule has 5 heteroatoms. The van der Waals surface area contributed by atoms with Gasteiger partial charge >= 0.3 is 0 Å². The Hall–Kier alpha value is -0.200. The summed E-state index contributed by atoms with van der Waals surface area (Å²) in [7, 11) is 4.16. The third-order valence-electron chi connectivity index (χ3n) is 5.03. The summed E-state index contributed by atoms with van der Waals surface area (Å²) in [5.74, 6) is 0. The second-order valence-electron chi connectivity index (χ2n) is 7.30. The van der Waals surface area contributed by atoms with Crippen LogP contribution in [0.25, 0.3) is 0 Å². The van der Waals surface area contributed by atoms with Gasteiger partial charge in [0.25, 0.3) is 0 Å². The van der Waals surface area contributed by atoms with Gasteiger partial charge in [0, 0.05) is 38.8 Å². The Kier molecular flexibility index (Phi) is 12.8. The predicted octanol–water partition coefficient (Wildman–Crippen LogP) is 1.95. The number of unbranched alkanes of at least 4 members (excludes halogenated alkanes) is 3. The zero-order valence-electron chi connectivity index (χ0n) is 16.3. The first kappa shape index (κ1) is 21.8. The van der Waals surface area contributed by atoms with E-state index in [1.54, 1.807) is 0 Å². The van der Waals surface area contributed by atoms with Gasteiger partial charge in [-0.05, 0) is 46.3 Å². The maximum atomic E-state index is 10.1. The monoisotopic (exact) mass is 343 g/mol. The fraction of sp³-hybridized carbons (Fsp3) is 1.00. The lowest BCUT2D eigenvalue weighted by Crippen LogP contribution is -2.44. The average Bonchev–Trinajstić information content (AvgIpc) is 2.58. The molecule has 0 saturated carbocycles. The van der Waals surface area contributed by atoms with Gasteiger partial charge in [-0.2, -0.15) is 0 Å². The molecule has 24 heavy (non-hydrogen) atoms. The van der Waals surface area contributed by atoms with Gasteiger partial charge < -0.3 is 25.0 Å². The lowest BCUT2D eigenvalue weighted by atomic mass is 10.0. The van der Waals surface area contributed by atoms with Gasteiger partial charge in [0.15, 0.2) is 0 Å². The van der Waals surface area contributed by atoms with E-state index in [-0.39, 0.29) is 12.1 Å². The van der Waals surface area contributed by atoms with Crippen LogP contribution >= 0.6 is 0 Å². The molecule has 0 aromatic heterocycles. The van der Waals surface area contributed by atoms with Crippen LogP contribution in [0.5, 0.6) is 0 Å². The molecule has 0 bridgehead atoms. The second-order valence-corrected chi connectivity index (χ2v) is 7.30. The number of aliphatic hydroxyl groups excluding tert-OH is 1. The van der Waals surface area contributed by atoms with Crippen LogP contribution in [-0.4, -0.2) is 87.1 Å². The molecule has 1 heterocycles. The van der Waals surface area contributed by atoms with E-state index in [1.807, 2.05) is 7.05 Å². The van der Waals surface area contributed by atoms with Crippen LogP contribution in [0.2, 0.25) is 0 Å². The lowest BCUT2D eigenvalue weighted by Gasteiger charge is -2.32. The SMILES string of the molecule is CCCCCC(O)CC(COCCCCN1CCN(C)CC1)NC. The molecular formula is C19H41N3O2. The number of ether oxygens (including phenoxy) is 1. The summed E-state index contributed by atoms with van der Waals surface area (Å²) in [5.41, 5.74) is 0. The summed E-state index contributed by atoms with van der Waals surface area (Å²) < 4.78 is 5.82. The Morgan fingerprint density at radius 3 is 2.50 bits per heavy atom. The van der Waals surface area contributed by atoms with Crippen LogP contribution in [0.1, 0.15) is 51.9 Å². The van der Waals surface area contributed by atoms with Gasteiger partial charge in [-0.1, -0.05) is 26.2 Å². The molecular weight excluding hydrogens is 302 g/mol. The number of aliphatic hydroxyl groups is 1. The quantitative estimate of drug-likeness (QED) is 0.472. The highest BCUT2D eigenvalue weighted by atomic mass is 16.5. The van der Waals surface area contributed by atoms with Crippen molar-refractivity contribution in [1.82, 2.24) is 15.1 Å². The van der Waals surface area contributed by atoms with Crippen molar-refractivity contribution in [2.24, 2.45) is 0 Å². The minimum Gasteiger partial charge on any atom is -0.393 e. The van der Waals surface area contributed by atoms with E-state index in [9.17, 15) is 5.11 Å². The van der Waals surface area contributed by atoms with Crippen molar-refractivity contribution in [2.75, 3.05) is 60.0 Å². The molecule has 0 aromatic carbocycles. The van der Waals surface area contributed by atoms with Gasteiger partial charge in [0.1, 0.15) is 0 Å². The Balaban J connectivity index is 1.97. The minimum atomic E-state index is -0.199. The van der Waals surface area contributed by atoms with E-state index in [4.69, 9.17) is 4.74 Å². The number of hydrogen-bond acceptors (Lipinski definition) is 5. The Morgan fingerprint density at radius 1 is 1.08 bits per heavy atom. The first-order valence-electron chi connectivity index (χ1n) is 9.99. The molecule has 1 aliphatic rings. The van der Waals surface area contributed by atoms with Crippen molar-refractivity contribution < 1.29 is 9.84 Å². The van der Waals surface area contributed by atoms with Crippen molar-refractivity contribution in [2.45, 2.75) is 64.0 Å². The molecule has 1 fully saturated rings. The molecule has 144 valence electrons. The van der Waals surface area contributed by atoms with Crippen molar-refractivity contribution >= 4 is 0 Å². The second kappa shape index (κ2) is 14.0. The lowest BCUT2D eigenvalue weighted by molar-refractivity contribution is 0.0765. The highest BCUT2D eigenvalue weighted by Crippen LogP contribution is 2.09. The van der Waals surface area contributed by atoms with Gasteiger partial charge in [-0.3, -0.25) is 0 Å². The Morgan fingerprint density at radius 2 is 1.83 bits per heavy atom. The van der Waals surface area contributed by atoms with Crippen molar-refractivity contribution in [1.29, 1.82) is 0 Å². The van der Waals surface area contributed by atoms with Crippen molar-refractivity contribution in [3.63, 3.8) is 0 Å². The molecule has 2 atom stereocenters. The minimum absolute atomic E-state index is 0.199. The summed E-state index contributed by atoms with van der Waals surface area (Å²) in [6.45, 7) is 9.73. The molecule has 0 radical (unpaired) electrons. The standard InChI is InChI=1S/C19H41N3O2/c1-4-5-6-9-19(23)16-18(20-2)17-24-15-8-7-10-22-13-11-21(3)12-14-22/h18-20,23H,4-17H2,1-3H3. The highest BCUT2D eigenvalue weighted by molar-refractivity contribution is 4.70. The molecule has 0 aromatic rings. The maximum absolute atomic E-state index is 10.1. The predicted molar refractivity (Wildman–Crippen MR) is 102 cm³/mol. The zero-order valence-corrected chi connectivity index (χ0v) is 16.3. The number of piperazine rings is 1. The average molecular weight is 344 g/mol. The normalized spacial score (nSPS) is 19.5. The third-order valence-corrected chi connectivity index (χ3v) is 5.03. The van der Waals surface area contributed by atoms with E-state index >= 15 is 0 Å². The highest BCUT2D eigenvalue weighted by Gasteiger charge is 2.14. The summed E-state index contributed by atoms with van der Waals surface area (Å²) in [6, 6.07) is 0.263.